The number of hydrogen-bond acceptors (Lipinski definition) is 2. The van der Waals surface area contributed by atoms with E-state index in [0.717, 1.165) is 6.42 Å². The number of allylic oxidation sites excluding steroid dienone is 4. The predicted octanol–water partition coefficient (Wildman–Crippen LogP) is 2.20. The summed E-state index contributed by atoms with van der Waals surface area (Å²) < 4.78 is 4.89. The first kappa shape index (κ1) is 8.78. The average molecular weight is 164 g/mol. The van der Waals surface area contributed by atoms with Crippen LogP contribution in [0.1, 0.15) is 13.3 Å². The molecule has 0 saturated carbocycles. The third kappa shape index (κ3) is 2.38. The molecule has 0 aromatic rings. The Morgan fingerprint density at radius 1 is 1.83 bits per heavy atom. The van der Waals surface area contributed by atoms with E-state index < -0.39 is 0 Å². The number of rotatable bonds is 2. The highest BCUT2D eigenvalue weighted by Gasteiger charge is 2.06. The van der Waals surface area contributed by atoms with Gasteiger partial charge in [0.25, 0.3) is 0 Å². The molecule has 1 rings (SSSR count). The van der Waals surface area contributed by atoms with Gasteiger partial charge in [-0.05, 0) is 24.5 Å². The third-order valence-corrected chi connectivity index (χ3v) is 1.66. The zero-order chi connectivity index (χ0) is 8.97. The first-order valence-corrected chi connectivity index (χ1v) is 3.91. The lowest BCUT2D eigenvalue weighted by atomic mass is 10.0. The number of esters is 1. The maximum absolute atomic E-state index is 10.5. The summed E-state index contributed by atoms with van der Waals surface area (Å²) in [6.45, 7) is 5.08. The van der Waals surface area contributed by atoms with E-state index in [1.54, 1.807) is 6.08 Å². The predicted molar refractivity (Wildman–Crippen MR) is 47.3 cm³/mol. The Hall–Kier alpha value is -1.31. The summed E-state index contributed by atoms with van der Waals surface area (Å²) in [5, 5.41) is 0. The summed E-state index contributed by atoms with van der Waals surface area (Å²) in [7, 11) is 0. The molecule has 0 fully saturated rings. The summed E-state index contributed by atoms with van der Waals surface area (Å²) in [5.41, 5.74) is 0. The van der Waals surface area contributed by atoms with Crippen molar-refractivity contribution in [3.05, 3.63) is 36.6 Å². The van der Waals surface area contributed by atoms with Gasteiger partial charge in [0.2, 0.25) is 0 Å². The van der Waals surface area contributed by atoms with Gasteiger partial charge in [0.1, 0.15) is 5.76 Å². The molecule has 1 atom stereocenters. The van der Waals surface area contributed by atoms with Crippen molar-refractivity contribution >= 4 is 5.97 Å². The first-order chi connectivity index (χ1) is 5.72. The number of ether oxygens (including phenoxy) is 1. The van der Waals surface area contributed by atoms with Crippen LogP contribution in [0.25, 0.3) is 0 Å². The van der Waals surface area contributed by atoms with Crippen molar-refractivity contribution in [1.29, 1.82) is 0 Å². The molecule has 0 aliphatic heterocycles. The fraction of sp³-hybridized carbons (Fsp3) is 0.300. The van der Waals surface area contributed by atoms with Gasteiger partial charge in [-0.3, -0.25) is 4.79 Å². The van der Waals surface area contributed by atoms with E-state index in [1.165, 1.54) is 6.92 Å². The van der Waals surface area contributed by atoms with E-state index in [9.17, 15) is 4.79 Å². The van der Waals surface area contributed by atoms with Crippen LogP contribution in [-0.4, -0.2) is 5.97 Å². The fourth-order valence-corrected chi connectivity index (χ4v) is 1.03. The van der Waals surface area contributed by atoms with E-state index in [0.29, 0.717) is 11.7 Å². The minimum absolute atomic E-state index is 0.275. The minimum Gasteiger partial charge on any atom is -0.427 e. The summed E-state index contributed by atoms with van der Waals surface area (Å²) in [5.74, 6) is 0.743. The molecule has 0 spiro atoms. The zero-order valence-corrected chi connectivity index (χ0v) is 7.12. The van der Waals surface area contributed by atoms with Gasteiger partial charge in [-0.2, -0.15) is 0 Å². The Balaban J connectivity index is 2.52. The van der Waals surface area contributed by atoms with Crippen molar-refractivity contribution in [2.75, 3.05) is 0 Å². The molecule has 0 amide bonds. The van der Waals surface area contributed by atoms with Crippen molar-refractivity contribution in [2.24, 2.45) is 5.92 Å². The second kappa shape index (κ2) is 3.90. The van der Waals surface area contributed by atoms with Crippen LogP contribution < -0.4 is 0 Å². The summed E-state index contributed by atoms with van der Waals surface area (Å²) >= 11 is 0. The Morgan fingerprint density at radius 2 is 2.58 bits per heavy atom. The van der Waals surface area contributed by atoms with Crippen molar-refractivity contribution in [2.45, 2.75) is 13.3 Å². The quantitative estimate of drug-likeness (QED) is 0.462. The fourth-order valence-electron chi connectivity index (χ4n) is 1.03. The Bertz CT molecular complexity index is 249. The number of carbonyl (C=O) groups is 1. The molecule has 0 radical (unpaired) electrons. The number of carbonyl (C=O) groups excluding carboxylic acids is 1. The molecular formula is C10H12O2. The monoisotopic (exact) mass is 164 g/mol. The van der Waals surface area contributed by atoms with E-state index in [1.807, 2.05) is 18.2 Å². The molecule has 1 aliphatic carbocycles. The number of hydrogen-bond donors (Lipinski definition) is 0. The van der Waals surface area contributed by atoms with Crippen LogP contribution in [0.5, 0.6) is 0 Å². The Morgan fingerprint density at radius 3 is 3.00 bits per heavy atom. The van der Waals surface area contributed by atoms with Crippen LogP contribution in [0.3, 0.4) is 0 Å². The summed E-state index contributed by atoms with van der Waals surface area (Å²) in [4.78, 5) is 10.5. The minimum atomic E-state index is -0.275. The highest BCUT2D eigenvalue weighted by molar-refractivity contribution is 5.67. The molecule has 2 heteroatoms. The maximum atomic E-state index is 10.5. The van der Waals surface area contributed by atoms with Crippen molar-refractivity contribution in [1.82, 2.24) is 0 Å². The normalized spacial score (nSPS) is 21.4. The smallest absolute Gasteiger partial charge is 0.308 e. The lowest BCUT2D eigenvalue weighted by Crippen LogP contribution is -2.02. The highest BCUT2D eigenvalue weighted by Crippen LogP contribution is 2.17. The standard InChI is InChI=1S/C10H12O2/c1-3-9-4-6-10(7-5-9)12-8(2)11/h3-4,6-7,9H,1,5H2,2H3. The Labute approximate surface area is 72.2 Å². The zero-order valence-electron chi connectivity index (χ0n) is 7.12. The van der Waals surface area contributed by atoms with Gasteiger partial charge < -0.3 is 4.74 Å². The molecule has 0 aromatic carbocycles. The second-order valence-corrected chi connectivity index (χ2v) is 2.69. The molecule has 12 heavy (non-hydrogen) atoms. The van der Waals surface area contributed by atoms with Crippen LogP contribution >= 0.6 is 0 Å². The van der Waals surface area contributed by atoms with Crippen LogP contribution in [0.4, 0.5) is 0 Å². The lowest BCUT2D eigenvalue weighted by molar-refractivity contribution is -0.136. The van der Waals surface area contributed by atoms with Crippen LogP contribution in [0.15, 0.2) is 36.6 Å². The average Bonchev–Trinajstić information content (AvgIpc) is 2.05. The molecule has 0 aromatic heterocycles. The molecule has 0 heterocycles. The lowest BCUT2D eigenvalue weighted by Gasteiger charge is -2.11. The van der Waals surface area contributed by atoms with Gasteiger partial charge in [-0.15, -0.1) is 6.58 Å². The second-order valence-electron chi connectivity index (χ2n) is 2.69. The highest BCUT2D eigenvalue weighted by atomic mass is 16.5. The topological polar surface area (TPSA) is 26.3 Å². The van der Waals surface area contributed by atoms with Crippen molar-refractivity contribution in [3.63, 3.8) is 0 Å². The van der Waals surface area contributed by atoms with E-state index in [4.69, 9.17) is 4.74 Å². The molecule has 2 nitrogen and oxygen atoms in total. The molecule has 0 saturated heterocycles. The molecule has 1 aliphatic rings. The molecule has 0 N–H and O–H groups in total. The third-order valence-electron chi connectivity index (χ3n) is 1.66. The van der Waals surface area contributed by atoms with E-state index in [2.05, 4.69) is 6.58 Å². The van der Waals surface area contributed by atoms with Crippen LogP contribution in [0, 0.1) is 5.92 Å². The van der Waals surface area contributed by atoms with Gasteiger partial charge in [0.15, 0.2) is 0 Å². The largest absolute Gasteiger partial charge is 0.427 e. The molecular weight excluding hydrogens is 152 g/mol. The van der Waals surface area contributed by atoms with Gasteiger partial charge in [-0.1, -0.05) is 12.2 Å². The van der Waals surface area contributed by atoms with Gasteiger partial charge in [0, 0.05) is 6.92 Å². The molecule has 0 bridgehead atoms. The van der Waals surface area contributed by atoms with Crippen LogP contribution in [0.2, 0.25) is 0 Å². The van der Waals surface area contributed by atoms with Gasteiger partial charge >= 0.3 is 5.97 Å². The van der Waals surface area contributed by atoms with Crippen molar-refractivity contribution < 1.29 is 9.53 Å². The van der Waals surface area contributed by atoms with Gasteiger partial charge in [0.05, 0.1) is 0 Å². The SMILES string of the molecule is C=CC1C=CC(OC(C)=O)=CC1. The van der Waals surface area contributed by atoms with Crippen LogP contribution in [-0.2, 0) is 9.53 Å². The van der Waals surface area contributed by atoms with Gasteiger partial charge in [-0.25, -0.2) is 0 Å². The Kier molecular flexibility index (Phi) is 2.86. The summed E-state index contributed by atoms with van der Waals surface area (Å²) in [6.07, 6.45) is 8.41. The van der Waals surface area contributed by atoms with E-state index >= 15 is 0 Å². The molecule has 1 unspecified atom stereocenters. The summed E-state index contributed by atoms with van der Waals surface area (Å²) in [6, 6.07) is 0. The van der Waals surface area contributed by atoms with Crippen molar-refractivity contribution in [3.8, 4) is 0 Å². The molecule has 64 valence electrons. The van der Waals surface area contributed by atoms with E-state index in [-0.39, 0.29) is 5.97 Å². The first-order valence-electron chi connectivity index (χ1n) is 3.91. The maximum Gasteiger partial charge on any atom is 0.308 e.